The molecule has 0 aliphatic carbocycles. The molecule has 0 N–H and O–H groups in total. The van der Waals surface area contributed by atoms with Crippen LogP contribution in [0.2, 0.25) is 3.43 Å². The quantitative estimate of drug-likeness (QED) is 0.491. The third-order valence-corrected chi connectivity index (χ3v) is 10.4. The van der Waals surface area contributed by atoms with Crippen LogP contribution in [0.1, 0.15) is 84.4 Å². The van der Waals surface area contributed by atoms with Crippen LogP contribution in [0.4, 0.5) is 0 Å². The molecule has 1 heterocycles. The molecule has 1 rings (SSSR count). The summed E-state index contributed by atoms with van der Waals surface area (Å²) in [5, 5.41) is 0. The van der Waals surface area contributed by atoms with E-state index < -0.39 is 21.1 Å². The zero-order valence-corrected chi connectivity index (χ0v) is 17.7. The molecule has 0 aliphatic heterocycles. The fourth-order valence-corrected chi connectivity index (χ4v) is 8.44. The predicted octanol–water partition coefficient (Wildman–Crippen LogP) is 4.79. The van der Waals surface area contributed by atoms with Crippen LogP contribution in [-0.2, 0) is 7.05 Å². The Hall–Kier alpha value is 0.00870. The molecule has 0 spiro atoms. The van der Waals surface area contributed by atoms with Gasteiger partial charge in [-0.3, -0.25) is 0 Å². The second-order valence-electron chi connectivity index (χ2n) is 6.47. The molecular weight excluding hydrogens is 363 g/mol. The first-order chi connectivity index (χ1) is 10.1. The Kier molecular flexibility index (Phi) is 8.99. The van der Waals surface area contributed by atoms with Crippen molar-refractivity contribution in [3.05, 3.63) is 12.0 Å². The molecule has 0 saturated carbocycles. The number of aromatic nitrogens is 2. The molecule has 1 aromatic rings. The third-order valence-electron chi connectivity index (χ3n) is 4.64. The summed E-state index contributed by atoms with van der Waals surface area (Å²) in [6.07, 6.45) is 14.8. The molecule has 1 aromatic heterocycles. The van der Waals surface area contributed by atoms with Crippen LogP contribution in [0.25, 0.3) is 0 Å². The molecule has 2 nitrogen and oxygen atoms in total. The molecule has 0 aromatic carbocycles. The summed E-state index contributed by atoms with van der Waals surface area (Å²) in [5.41, 5.74) is 0. The molecule has 120 valence electrons. The molecule has 0 fully saturated rings. The maximum absolute atomic E-state index is 4.55. The standard InChI is InChI=1S/C13H27.C5H7N2.Sn/c1-4-7-10-13(11-8-5-2)12-9-6-3;1-5-6-3-4-7(5)2;/h4-12H2,1-3H3;3H,1-2H3;. The van der Waals surface area contributed by atoms with Gasteiger partial charge in [-0.05, 0) is 0 Å². The van der Waals surface area contributed by atoms with E-state index in [0.29, 0.717) is 3.43 Å². The topological polar surface area (TPSA) is 17.8 Å². The Labute approximate surface area is 142 Å². The summed E-state index contributed by atoms with van der Waals surface area (Å²) >= 11 is -0.606. The van der Waals surface area contributed by atoms with Crippen molar-refractivity contribution >= 4 is 24.9 Å². The average Bonchev–Trinajstić information content (AvgIpc) is 2.80. The normalized spacial score (nSPS) is 12.0. The molecule has 0 bridgehead atoms. The molecule has 0 saturated heterocycles. The Morgan fingerprint density at radius 2 is 1.48 bits per heavy atom. The van der Waals surface area contributed by atoms with Crippen molar-refractivity contribution < 1.29 is 0 Å². The van der Waals surface area contributed by atoms with Gasteiger partial charge in [-0.1, -0.05) is 0 Å². The monoisotopic (exact) mass is 398 g/mol. The molecule has 2 radical (unpaired) electrons. The molecule has 0 atom stereocenters. The second kappa shape index (κ2) is 9.91. The van der Waals surface area contributed by atoms with Crippen LogP contribution >= 0.6 is 0 Å². The molecule has 21 heavy (non-hydrogen) atoms. The zero-order chi connectivity index (χ0) is 15.7. The minimum absolute atomic E-state index is 0.606. The van der Waals surface area contributed by atoms with Crippen molar-refractivity contribution in [1.82, 2.24) is 9.55 Å². The van der Waals surface area contributed by atoms with Crippen LogP contribution < -0.4 is 3.71 Å². The van der Waals surface area contributed by atoms with Crippen LogP contribution in [0.3, 0.4) is 0 Å². The number of nitrogens with zero attached hydrogens (tertiary/aromatic N) is 2. The van der Waals surface area contributed by atoms with Crippen LogP contribution in [0.15, 0.2) is 6.20 Å². The predicted molar refractivity (Wildman–Crippen MR) is 94.6 cm³/mol. The fourth-order valence-electron chi connectivity index (χ4n) is 3.00. The van der Waals surface area contributed by atoms with E-state index in [9.17, 15) is 0 Å². The first kappa shape index (κ1) is 19.1. The summed E-state index contributed by atoms with van der Waals surface area (Å²) in [5.74, 6) is 1.18. The summed E-state index contributed by atoms with van der Waals surface area (Å²) < 4.78 is 4.63. The average molecular weight is 397 g/mol. The van der Waals surface area contributed by atoms with E-state index >= 15 is 0 Å². The Balaban J connectivity index is 2.91. The van der Waals surface area contributed by atoms with E-state index in [4.69, 9.17) is 0 Å². The fraction of sp³-hybridized carbons (Fsp3) is 0.833. The number of aryl methyl sites for hydroxylation is 1. The van der Waals surface area contributed by atoms with Crippen molar-refractivity contribution in [2.75, 3.05) is 0 Å². The van der Waals surface area contributed by atoms with Gasteiger partial charge >= 0.3 is 142 Å². The van der Waals surface area contributed by atoms with Crippen molar-refractivity contribution in [1.29, 1.82) is 0 Å². The number of hydrogen-bond donors (Lipinski definition) is 0. The Morgan fingerprint density at radius 3 is 1.81 bits per heavy atom. The van der Waals surface area contributed by atoms with Gasteiger partial charge in [0.05, 0.1) is 0 Å². The van der Waals surface area contributed by atoms with Crippen molar-refractivity contribution in [3.63, 3.8) is 0 Å². The van der Waals surface area contributed by atoms with E-state index in [2.05, 4.69) is 50.5 Å². The second-order valence-corrected chi connectivity index (χ2v) is 11.7. The third kappa shape index (κ3) is 5.96. The van der Waals surface area contributed by atoms with Gasteiger partial charge in [0.2, 0.25) is 0 Å². The molecule has 0 aliphatic rings. The van der Waals surface area contributed by atoms with Gasteiger partial charge in [0.15, 0.2) is 0 Å². The Bertz CT molecular complexity index is 376. The van der Waals surface area contributed by atoms with Crippen LogP contribution in [-0.4, -0.2) is 30.7 Å². The number of imidazole rings is 1. The number of rotatable bonds is 11. The first-order valence-corrected chi connectivity index (χ1v) is 11.7. The van der Waals surface area contributed by atoms with Crippen molar-refractivity contribution in [2.24, 2.45) is 7.05 Å². The van der Waals surface area contributed by atoms with Crippen molar-refractivity contribution in [3.8, 4) is 0 Å². The van der Waals surface area contributed by atoms with E-state index in [1.165, 1.54) is 63.6 Å². The van der Waals surface area contributed by atoms with Crippen LogP contribution in [0, 0.1) is 6.92 Å². The van der Waals surface area contributed by atoms with E-state index in [1.54, 1.807) is 3.71 Å². The van der Waals surface area contributed by atoms with Gasteiger partial charge in [-0.25, -0.2) is 0 Å². The number of unbranched alkanes of at least 4 members (excludes halogenated alkanes) is 3. The van der Waals surface area contributed by atoms with E-state index in [1.807, 2.05) is 0 Å². The first-order valence-electron chi connectivity index (χ1n) is 8.85. The Morgan fingerprint density at radius 1 is 1.00 bits per heavy atom. The molecular formula is C18H34N2Sn. The number of hydrogen-bond acceptors (Lipinski definition) is 1. The molecule has 0 amide bonds. The molecule has 0 unspecified atom stereocenters. The summed E-state index contributed by atoms with van der Waals surface area (Å²) in [6.45, 7) is 9.14. The van der Waals surface area contributed by atoms with E-state index in [0.717, 1.165) is 0 Å². The molecule has 3 heteroatoms. The van der Waals surface area contributed by atoms with Gasteiger partial charge < -0.3 is 0 Å². The van der Waals surface area contributed by atoms with Gasteiger partial charge in [0.1, 0.15) is 0 Å². The van der Waals surface area contributed by atoms with Gasteiger partial charge in [-0.2, -0.15) is 0 Å². The van der Waals surface area contributed by atoms with Gasteiger partial charge in [-0.15, -0.1) is 0 Å². The van der Waals surface area contributed by atoms with Gasteiger partial charge in [0, 0.05) is 0 Å². The van der Waals surface area contributed by atoms with E-state index in [-0.39, 0.29) is 0 Å². The summed E-state index contributed by atoms with van der Waals surface area (Å²) in [4.78, 5) is 4.55. The SMILES string of the molecule is CCCC[C](CCCC)(CCCC)[Sn][c]1cnc(C)n1C. The van der Waals surface area contributed by atoms with Crippen LogP contribution in [0.5, 0.6) is 0 Å². The minimum atomic E-state index is -0.606. The summed E-state index contributed by atoms with van der Waals surface area (Å²) in [7, 11) is 2.21. The summed E-state index contributed by atoms with van der Waals surface area (Å²) in [6, 6.07) is 0. The van der Waals surface area contributed by atoms with Crippen molar-refractivity contribution in [2.45, 2.75) is 88.9 Å². The zero-order valence-electron chi connectivity index (χ0n) is 14.8. The maximum atomic E-state index is 4.55. The van der Waals surface area contributed by atoms with Gasteiger partial charge in [0.25, 0.3) is 0 Å².